The molecular weight excluding hydrogens is 288 g/mol. The lowest BCUT2D eigenvalue weighted by Gasteiger charge is -2.25. The number of nitrogens with one attached hydrogen (secondary N) is 1. The summed E-state index contributed by atoms with van der Waals surface area (Å²) in [5.41, 5.74) is 4.48. The highest BCUT2D eigenvalue weighted by atomic mass is 16.5. The number of nitrogens with two attached hydrogens (primary N) is 1. The lowest BCUT2D eigenvalue weighted by atomic mass is 10.1. The molecule has 0 saturated carbocycles. The van der Waals surface area contributed by atoms with E-state index < -0.39 is 11.2 Å². The molecule has 3 N–H and O–H groups in total. The van der Waals surface area contributed by atoms with Gasteiger partial charge in [-0.25, -0.2) is 4.79 Å². The lowest BCUT2D eigenvalue weighted by Crippen LogP contribution is -2.42. The lowest BCUT2D eigenvalue weighted by molar-refractivity contribution is 0.0371. The number of carbonyl (C=O) groups is 1. The highest BCUT2D eigenvalue weighted by Crippen LogP contribution is 2.09. The van der Waals surface area contributed by atoms with Gasteiger partial charge in [-0.3, -0.25) is 24.0 Å². The number of hydrogen-bond donors (Lipinski definition) is 2. The molecule has 2 heterocycles. The number of aromatic nitrogens is 2. The molecular formula is C14H22N4O4. The van der Waals surface area contributed by atoms with E-state index in [4.69, 9.17) is 10.5 Å². The van der Waals surface area contributed by atoms with Crippen molar-refractivity contribution in [2.75, 3.05) is 38.6 Å². The van der Waals surface area contributed by atoms with Crippen molar-refractivity contribution in [2.24, 2.45) is 5.92 Å². The van der Waals surface area contributed by atoms with Gasteiger partial charge in [0.15, 0.2) is 5.78 Å². The maximum Gasteiger partial charge on any atom is 0.329 e. The van der Waals surface area contributed by atoms with E-state index in [2.05, 4.69) is 4.98 Å². The van der Waals surface area contributed by atoms with Crippen LogP contribution >= 0.6 is 0 Å². The van der Waals surface area contributed by atoms with E-state index in [1.165, 1.54) is 4.57 Å². The van der Waals surface area contributed by atoms with Gasteiger partial charge in [-0.2, -0.15) is 0 Å². The van der Waals surface area contributed by atoms with Gasteiger partial charge >= 0.3 is 5.69 Å². The number of Topliss-reactive ketones (excluding diaryl/α,β-unsaturated/α-hetero) is 1. The normalized spacial score (nSPS) is 16.1. The summed E-state index contributed by atoms with van der Waals surface area (Å²) in [4.78, 5) is 40.3. The van der Waals surface area contributed by atoms with Crippen molar-refractivity contribution >= 4 is 11.6 Å². The zero-order valence-electron chi connectivity index (χ0n) is 12.9. The summed E-state index contributed by atoms with van der Waals surface area (Å²) in [6.07, 6.45) is 0. The third kappa shape index (κ3) is 3.63. The number of ketones is 1. The number of morpholine rings is 1. The van der Waals surface area contributed by atoms with Crippen LogP contribution in [0.15, 0.2) is 9.59 Å². The number of anilines is 1. The van der Waals surface area contributed by atoms with Gasteiger partial charge in [0.25, 0.3) is 5.56 Å². The van der Waals surface area contributed by atoms with Gasteiger partial charge in [0, 0.05) is 19.6 Å². The molecule has 22 heavy (non-hydrogen) atoms. The molecule has 0 atom stereocenters. The van der Waals surface area contributed by atoms with E-state index in [9.17, 15) is 14.4 Å². The summed E-state index contributed by atoms with van der Waals surface area (Å²) in [7, 11) is 0. The molecule has 0 aromatic carbocycles. The number of rotatable bonds is 5. The van der Waals surface area contributed by atoms with Crippen LogP contribution < -0.4 is 17.0 Å². The summed E-state index contributed by atoms with van der Waals surface area (Å²) >= 11 is 0. The molecule has 0 bridgehead atoms. The number of nitrogens with zero attached hydrogens (tertiary/aromatic N) is 2. The molecule has 2 rings (SSSR count). The quantitative estimate of drug-likeness (QED) is 0.695. The van der Waals surface area contributed by atoms with E-state index in [1.54, 1.807) is 0 Å². The highest BCUT2D eigenvalue weighted by Gasteiger charge is 2.22. The van der Waals surface area contributed by atoms with Crippen molar-refractivity contribution in [3.63, 3.8) is 0 Å². The first-order valence-electron chi connectivity index (χ1n) is 7.36. The molecule has 8 nitrogen and oxygen atoms in total. The number of ether oxygens (including phenoxy) is 1. The van der Waals surface area contributed by atoms with Crippen LogP contribution in [0, 0.1) is 5.92 Å². The predicted octanol–water partition coefficient (Wildman–Crippen LogP) is -0.710. The summed E-state index contributed by atoms with van der Waals surface area (Å²) in [6, 6.07) is 0. The Balaban J connectivity index is 2.31. The van der Waals surface area contributed by atoms with Crippen LogP contribution in [-0.2, 0) is 11.3 Å². The number of nitrogen functional groups attached to an aromatic ring is 1. The molecule has 8 heteroatoms. The smallest absolute Gasteiger partial charge is 0.329 e. The predicted molar refractivity (Wildman–Crippen MR) is 82.2 cm³/mol. The van der Waals surface area contributed by atoms with E-state index in [0.29, 0.717) is 32.8 Å². The van der Waals surface area contributed by atoms with Crippen LogP contribution in [0.3, 0.4) is 0 Å². The summed E-state index contributed by atoms with van der Waals surface area (Å²) in [5, 5.41) is 0. The van der Waals surface area contributed by atoms with Crippen LogP contribution in [-0.4, -0.2) is 53.1 Å². The Bertz CT molecular complexity index is 656. The number of carbonyl (C=O) groups excluding carboxylic acids is 1. The average Bonchev–Trinajstić information content (AvgIpc) is 2.44. The number of hydrogen-bond acceptors (Lipinski definition) is 6. The zero-order valence-corrected chi connectivity index (χ0v) is 12.9. The van der Waals surface area contributed by atoms with Gasteiger partial charge in [0.2, 0.25) is 0 Å². The fraction of sp³-hybridized carbons (Fsp3) is 0.643. The minimum atomic E-state index is -0.722. The third-order valence-corrected chi connectivity index (χ3v) is 3.54. The monoisotopic (exact) mass is 310 g/mol. The minimum Gasteiger partial charge on any atom is -0.384 e. The van der Waals surface area contributed by atoms with Gasteiger partial charge in [-0.1, -0.05) is 13.8 Å². The summed E-state index contributed by atoms with van der Waals surface area (Å²) < 4.78 is 6.47. The Morgan fingerprint density at radius 2 is 1.95 bits per heavy atom. The van der Waals surface area contributed by atoms with Crippen molar-refractivity contribution < 1.29 is 9.53 Å². The molecule has 122 valence electrons. The molecule has 1 fully saturated rings. The molecule has 0 unspecified atom stereocenters. The van der Waals surface area contributed by atoms with E-state index in [0.717, 1.165) is 0 Å². The van der Waals surface area contributed by atoms with Crippen LogP contribution in [0.4, 0.5) is 5.82 Å². The van der Waals surface area contributed by atoms with Crippen molar-refractivity contribution in [3.05, 3.63) is 26.4 Å². The molecule has 1 aliphatic heterocycles. The zero-order chi connectivity index (χ0) is 16.3. The van der Waals surface area contributed by atoms with Crippen molar-refractivity contribution in [3.8, 4) is 0 Å². The second-order valence-corrected chi connectivity index (χ2v) is 5.84. The number of aromatic amines is 1. The Kier molecular flexibility index (Phi) is 5.15. The third-order valence-electron chi connectivity index (χ3n) is 3.54. The topological polar surface area (TPSA) is 110 Å². The van der Waals surface area contributed by atoms with Crippen molar-refractivity contribution in [2.45, 2.75) is 20.4 Å². The number of H-pyrrole nitrogens is 1. The van der Waals surface area contributed by atoms with Gasteiger partial charge in [-0.15, -0.1) is 0 Å². The van der Waals surface area contributed by atoms with E-state index in [1.807, 2.05) is 18.7 Å². The van der Waals surface area contributed by atoms with Gasteiger partial charge in [0.05, 0.1) is 19.8 Å². The second-order valence-electron chi connectivity index (χ2n) is 5.84. The summed E-state index contributed by atoms with van der Waals surface area (Å²) in [6.45, 7) is 6.68. The molecule has 1 saturated heterocycles. The largest absolute Gasteiger partial charge is 0.384 e. The summed E-state index contributed by atoms with van der Waals surface area (Å²) in [5.74, 6) is -0.271. The first-order valence-corrected chi connectivity index (χ1v) is 7.36. The van der Waals surface area contributed by atoms with Crippen LogP contribution in [0.5, 0.6) is 0 Å². The van der Waals surface area contributed by atoms with E-state index >= 15 is 0 Å². The fourth-order valence-corrected chi connectivity index (χ4v) is 2.45. The average molecular weight is 310 g/mol. The molecule has 1 aromatic heterocycles. The van der Waals surface area contributed by atoms with Gasteiger partial charge in [0.1, 0.15) is 11.4 Å². The van der Waals surface area contributed by atoms with Crippen LogP contribution in [0.1, 0.15) is 24.2 Å². The molecule has 0 spiro atoms. The molecule has 0 amide bonds. The first-order chi connectivity index (χ1) is 10.4. The van der Waals surface area contributed by atoms with Crippen LogP contribution in [0.25, 0.3) is 0 Å². The van der Waals surface area contributed by atoms with Crippen LogP contribution in [0.2, 0.25) is 0 Å². The molecule has 0 radical (unpaired) electrons. The Morgan fingerprint density at radius 1 is 1.32 bits per heavy atom. The van der Waals surface area contributed by atoms with E-state index in [-0.39, 0.29) is 29.6 Å². The molecule has 0 aliphatic carbocycles. The van der Waals surface area contributed by atoms with Gasteiger partial charge < -0.3 is 10.5 Å². The Morgan fingerprint density at radius 3 is 2.55 bits per heavy atom. The molecule has 1 aromatic rings. The van der Waals surface area contributed by atoms with Crippen molar-refractivity contribution in [1.82, 2.24) is 14.5 Å². The molecule has 1 aliphatic rings. The maximum absolute atomic E-state index is 12.4. The Labute approximate surface area is 127 Å². The first kappa shape index (κ1) is 16.4. The maximum atomic E-state index is 12.4. The fourth-order valence-electron chi connectivity index (χ4n) is 2.45. The SMILES string of the molecule is CC(C)Cn1c(N)c(C(=O)CN2CCOCC2)c(=O)[nH]c1=O. The second kappa shape index (κ2) is 6.89. The Hall–Kier alpha value is -1.93. The van der Waals surface area contributed by atoms with Crippen molar-refractivity contribution in [1.29, 1.82) is 0 Å². The van der Waals surface area contributed by atoms with Gasteiger partial charge in [-0.05, 0) is 5.92 Å². The highest BCUT2D eigenvalue weighted by molar-refractivity contribution is 6.01. The standard InChI is InChI=1S/C14H22N4O4/c1-9(2)7-18-12(15)11(13(20)16-14(18)21)10(19)8-17-3-5-22-6-4-17/h9H,3-8,15H2,1-2H3,(H,16,20,21). The minimum absolute atomic E-state index is 0.0549.